The lowest BCUT2D eigenvalue weighted by Crippen LogP contribution is -2.01. The first-order valence-corrected chi connectivity index (χ1v) is 19.5. The van der Waals surface area contributed by atoms with E-state index >= 15 is 0 Å². The lowest BCUT2D eigenvalue weighted by Gasteiger charge is -2.14. The molecule has 8 aromatic carbocycles. The van der Waals surface area contributed by atoms with Crippen molar-refractivity contribution in [2.24, 2.45) is 0 Å². The van der Waals surface area contributed by atoms with Crippen LogP contribution in [0.15, 0.2) is 212 Å². The molecule has 0 radical (unpaired) electrons. The van der Waals surface area contributed by atoms with Crippen LogP contribution in [0, 0.1) is 0 Å². The molecule has 0 spiro atoms. The zero-order valence-corrected chi connectivity index (χ0v) is 31.4. The molecular formula is C53H35N5. The quantitative estimate of drug-likeness (QED) is 0.163. The van der Waals surface area contributed by atoms with E-state index in [2.05, 4.69) is 161 Å². The zero-order valence-electron chi connectivity index (χ0n) is 31.4. The molecule has 0 aliphatic heterocycles. The van der Waals surface area contributed by atoms with Gasteiger partial charge in [0.25, 0.3) is 0 Å². The van der Waals surface area contributed by atoms with Gasteiger partial charge in [0.1, 0.15) is 0 Å². The van der Waals surface area contributed by atoms with Gasteiger partial charge in [-0.05, 0) is 70.8 Å². The predicted molar refractivity (Wildman–Crippen MR) is 238 cm³/mol. The first kappa shape index (κ1) is 33.4. The van der Waals surface area contributed by atoms with Crippen LogP contribution in [0.2, 0.25) is 0 Å². The molecule has 11 aromatic rings. The van der Waals surface area contributed by atoms with Gasteiger partial charge in [0.05, 0.1) is 16.6 Å². The fourth-order valence-corrected chi connectivity index (χ4v) is 8.24. The molecule has 58 heavy (non-hydrogen) atoms. The Balaban J connectivity index is 1.10. The van der Waals surface area contributed by atoms with E-state index < -0.39 is 0 Å². The van der Waals surface area contributed by atoms with Crippen LogP contribution in [0.3, 0.4) is 0 Å². The van der Waals surface area contributed by atoms with Crippen LogP contribution >= 0.6 is 0 Å². The summed E-state index contributed by atoms with van der Waals surface area (Å²) in [7, 11) is 0. The highest BCUT2D eigenvalue weighted by molar-refractivity contribution is 6.18. The van der Waals surface area contributed by atoms with E-state index in [-0.39, 0.29) is 0 Å². The third-order valence-electron chi connectivity index (χ3n) is 11.0. The summed E-state index contributed by atoms with van der Waals surface area (Å²) in [6.45, 7) is 0. The zero-order chi connectivity index (χ0) is 38.4. The number of nitrogens with zero attached hydrogens (tertiary/aromatic N) is 5. The fraction of sp³-hybridized carbons (Fsp3) is 0. The van der Waals surface area contributed by atoms with Gasteiger partial charge in [-0.2, -0.15) is 0 Å². The number of aromatic nitrogens is 5. The second-order valence-corrected chi connectivity index (χ2v) is 14.5. The normalized spacial score (nSPS) is 11.4. The highest BCUT2D eigenvalue weighted by Gasteiger charge is 2.19. The summed E-state index contributed by atoms with van der Waals surface area (Å²) in [5, 5.41) is 3.57. The van der Waals surface area contributed by atoms with Crippen molar-refractivity contribution >= 4 is 32.7 Å². The van der Waals surface area contributed by atoms with Gasteiger partial charge in [-0.1, -0.05) is 158 Å². The summed E-state index contributed by atoms with van der Waals surface area (Å²) in [6, 6.07) is 72.5. The van der Waals surface area contributed by atoms with Crippen LogP contribution in [-0.2, 0) is 0 Å². The summed E-state index contributed by atoms with van der Waals surface area (Å²) in [4.78, 5) is 15.0. The van der Waals surface area contributed by atoms with E-state index in [4.69, 9.17) is 15.0 Å². The maximum atomic E-state index is 5.06. The van der Waals surface area contributed by atoms with E-state index in [0.29, 0.717) is 17.5 Å². The molecule has 0 atom stereocenters. The Morgan fingerprint density at radius 2 is 0.793 bits per heavy atom. The molecule has 3 aromatic heterocycles. The Labute approximate surface area is 335 Å². The van der Waals surface area contributed by atoms with Crippen molar-refractivity contribution in [3.63, 3.8) is 0 Å². The standard InChI is InChI=1S/C53H35N5/c1-5-16-36(17-6-1)41-32-42(37-18-7-2-8-19-37)35-44(34-41)57-31-30-47-48(57)29-28-46-45-26-13-14-27-49(45)58(50(46)47)43-25-15-24-40(33-43)53-55-51(38-20-9-3-10-21-38)54-52(56-53)39-22-11-4-12-23-39/h1-35H. The number of hydrogen-bond acceptors (Lipinski definition) is 3. The maximum absolute atomic E-state index is 5.06. The van der Waals surface area contributed by atoms with Crippen molar-refractivity contribution in [3.05, 3.63) is 212 Å². The van der Waals surface area contributed by atoms with Gasteiger partial charge in [0.15, 0.2) is 17.5 Å². The maximum Gasteiger partial charge on any atom is 0.164 e. The van der Waals surface area contributed by atoms with Crippen molar-refractivity contribution in [1.29, 1.82) is 0 Å². The van der Waals surface area contributed by atoms with Gasteiger partial charge in [-0.15, -0.1) is 0 Å². The average Bonchev–Trinajstić information content (AvgIpc) is 3.90. The van der Waals surface area contributed by atoms with Crippen LogP contribution in [0.1, 0.15) is 0 Å². The van der Waals surface area contributed by atoms with Crippen molar-refractivity contribution in [3.8, 4) is 67.8 Å². The number of benzene rings is 8. The molecule has 0 fully saturated rings. The molecule has 0 aliphatic carbocycles. The first-order valence-electron chi connectivity index (χ1n) is 19.5. The predicted octanol–water partition coefficient (Wildman–Crippen LogP) is 13.2. The topological polar surface area (TPSA) is 48.5 Å². The SMILES string of the molecule is c1ccc(-c2cc(-c3ccccc3)cc(-n3ccc4c3ccc3c5ccccc5n(-c5cccc(-c6nc(-c7ccccc7)nc(-c7ccccc7)n6)c5)c34)c2)cc1. The molecule has 5 heteroatoms. The summed E-state index contributed by atoms with van der Waals surface area (Å²) < 4.78 is 4.72. The van der Waals surface area contributed by atoms with Crippen molar-refractivity contribution in [2.45, 2.75) is 0 Å². The van der Waals surface area contributed by atoms with Crippen molar-refractivity contribution < 1.29 is 0 Å². The number of fused-ring (bicyclic) bond motifs is 5. The highest BCUT2D eigenvalue weighted by atomic mass is 15.0. The monoisotopic (exact) mass is 741 g/mol. The third-order valence-corrected chi connectivity index (χ3v) is 11.0. The molecule has 11 rings (SSSR count). The molecule has 0 saturated heterocycles. The molecular weight excluding hydrogens is 707 g/mol. The minimum atomic E-state index is 0.624. The molecule has 0 N–H and O–H groups in total. The molecule has 0 unspecified atom stereocenters. The number of hydrogen-bond donors (Lipinski definition) is 0. The third kappa shape index (κ3) is 5.85. The van der Waals surface area contributed by atoms with E-state index in [0.717, 1.165) is 44.6 Å². The lowest BCUT2D eigenvalue weighted by molar-refractivity contribution is 1.07. The van der Waals surface area contributed by atoms with Crippen molar-refractivity contribution in [1.82, 2.24) is 24.1 Å². The summed E-state index contributed by atoms with van der Waals surface area (Å²) in [5.74, 6) is 1.90. The Kier molecular flexibility index (Phi) is 8.07. The van der Waals surface area contributed by atoms with Crippen LogP contribution in [0.4, 0.5) is 0 Å². The Morgan fingerprint density at radius 3 is 1.40 bits per heavy atom. The van der Waals surface area contributed by atoms with Gasteiger partial charge >= 0.3 is 0 Å². The molecule has 0 aliphatic rings. The molecule has 0 saturated carbocycles. The van der Waals surface area contributed by atoms with E-state index in [9.17, 15) is 0 Å². The van der Waals surface area contributed by atoms with Crippen LogP contribution in [0.5, 0.6) is 0 Å². The number of rotatable bonds is 7. The second kappa shape index (κ2) is 14.0. The Morgan fingerprint density at radius 1 is 0.293 bits per heavy atom. The molecule has 0 bridgehead atoms. The average molecular weight is 742 g/mol. The molecule has 5 nitrogen and oxygen atoms in total. The second-order valence-electron chi connectivity index (χ2n) is 14.5. The Hall–Kier alpha value is -7.89. The van der Waals surface area contributed by atoms with E-state index in [1.54, 1.807) is 0 Å². The Bertz CT molecular complexity index is 3140. The van der Waals surface area contributed by atoms with Gasteiger partial charge in [0.2, 0.25) is 0 Å². The summed E-state index contributed by atoms with van der Waals surface area (Å²) in [5.41, 5.74) is 13.1. The van der Waals surface area contributed by atoms with Crippen LogP contribution < -0.4 is 0 Å². The van der Waals surface area contributed by atoms with Gasteiger partial charge < -0.3 is 9.13 Å². The summed E-state index contributed by atoms with van der Waals surface area (Å²) >= 11 is 0. The fourth-order valence-electron chi connectivity index (χ4n) is 8.24. The highest BCUT2D eigenvalue weighted by Crippen LogP contribution is 2.39. The molecule has 272 valence electrons. The lowest BCUT2D eigenvalue weighted by atomic mass is 9.98. The first-order chi connectivity index (χ1) is 28.7. The molecule has 3 heterocycles. The van der Waals surface area contributed by atoms with Crippen molar-refractivity contribution in [2.75, 3.05) is 0 Å². The van der Waals surface area contributed by atoms with Gasteiger partial charge in [0, 0.05) is 50.4 Å². The van der Waals surface area contributed by atoms with E-state index in [1.165, 1.54) is 38.4 Å². The number of para-hydroxylation sites is 1. The summed E-state index contributed by atoms with van der Waals surface area (Å²) in [6.07, 6.45) is 2.21. The van der Waals surface area contributed by atoms with Gasteiger partial charge in [-0.25, -0.2) is 15.0 Å². The van der Waals surface area contributed by atoms with E-state index in [1.807, 2.05) is 60.7 Å². The smallest absolute Gasteiger partial charge is 0.164 e. The van der Waals surface area contributed by atoms with Crippen LogP contribution in [-0.4, -0.2) is 24.1 Å². The largest absolute Gasteiger partial charge is 0.316 e. The van der Waals surface area contributed by atoms with Gasteiger partial charge in [-0.3, -0.25) is 0 Å². The minimum absolute atomic E-state index is 0.624. The van der Waals surface area contributed by atoms with Crippen LogP contribution in [0.25, 0.3) is 101 Å². The minimum Gasteiger partial charge on any atom is -0.316 e. The molecule has 0 amide bonds.